The first-order valence-corrected chi connectivity index (χ1v) is 8.42. The molecule has 2 rings (SSSR count). The summed E-state index contributed by atoms with van der Waals surface area (Å²) in [5, 5.41) is 0. The van der Waals surface area contributed by atoms with Crippen molar-refractivity contribution in [3.8, 4) is 0 Å². The molecule has 6 nitrogen and oxygen atoms in total. The number of ether oxygens (including phenoxy) is 1. The van der Waals surface area contributed by atoms with Crippen LogP contribution in [0.1, 0.15) is 51.4 Å². The molecule has 6 heteroatoms. The fourth-order valence-electron chi connectivity index (χ4n) is 2.85. The minimum absolute atomic E-state index is 0.0948. The summed E-state index contributed by atoms with van der Waals surface area (Å²) >= 11 is 0. The van der Waals surface area contributed by atoms with Crippen LogP contribution in [0, 0.1) is 6.92 Å². The zero-order chi connectivity index (χ0) is 17.9. The van der Waals surface area contributed by atoms with E-state index in [1.165, 1.54) is 0 Å². The van der Waals surface area contributed by atoms with Crippen LogP contribution in [0.4, 0.5) is 4.79 Å². The number of aryl methyl sites for hydroxylation is 1. The Bertz CT molecular complexity index is 610. The van der Waals surface area contributed by atoms with Gasteiger partial charge in [0.2, 0.25) is 5.91 Å². The van der Waals surface area contributed by atoms with E-state index >= 15 is 0 Å². The first kappa shape index (κ1) is 18.2. The number of pyridine rings is 1. The quantitative estimate of drug-likeness (QED) is 0.835. The summed E-state index contributed by atoms with van der Waals surface area (Å²) in [4.78, 5) is 32.7. The molecule has 1 atom stereocenters. The lowest BCUT2D eigenvalue weighted by atomic mass is 10.0. The number of piperazine rings is 1. The first-order chi connectivity index (χ1) is 11.2. The zero-order valence-corrected chi connectivity index (χ0v) is 15.2. The van der Waals surface area contributed by atoms with Crippen LogP contribution in [0.5, 0.6) is 0 Å². The topological polar surface area (TPSA) is 62.7 Å². The van der Waals surface area contributed by atoms with Crippen molar-refractivity contribution >= 4 is 12.0 Å². The smallest absolute Gasteiger partial charge is 0.410 e. The van der Waals surface area contributed by atoms with Gasteiger partial charge in [-0.3, -0.25) is 14.7 Å². The standard InChI is InChI=1S/C18H27N3O3/c1-6-15(22)20-10-11-21(17(23)24-18(3,4)5)14(12-20)16-13(2)8-7-9-19-16/h7-9,14H,6,10-12H2,1-5H3. The minimum atomic E-state index is -0.558. The molecule has 0 aliphatic carbocycles. The third-order valence-corrected chi connectivity index (χ3v) is 4.03. The number of carbonyl (C=O) groups excluding carboxylic acids is 2. The minimum Gasteiger partial charge on any atom is -0.444 e. The SMILES string of the molecule is CCC(=O)N1CCN(C(=O)OC(C)(C)C)C(c2ncccc2C)C1. The van der Waals surface area contributed by atoms with Gasteiger partial charge in [-0.2, -0.15) is 0 Å². The molecule has 0 N–H and O–H groups in total. The van der Waals surface area contributed by atoms with Gasteiger partial charge in [0.05, 0.1) is 11.7 Å². The Labute approximate surface area is 143 Å². The van der Waals surface area contributed by atoms with Gasteiger partial charge in [-0.05, 0) is 39.3 Å². The molecular weight excluding hydrogens is 306 g/mol. The van der Waals surface area contributed by atoms with E-state index in [-0.39, 0.29) is 18.0 Å². The molecule has 0 saturated carbocycles. The van der Waals surface area contributed by atoms with Gasteiger partial charge in [0.1, 0.15) is 5.60 Å². The Morgan fingerprint density at radius 3 is 2.62 bits per heavy atom. The molecule has 1 unspecified atom stereocenters. The average Bonchev–Trinajstić information content (AvgIpc) is 2.52. The van der Waals surface area contributed by atoms with Crippen LogP contribution < -0.4 is 0 Å². The number of carbonyl (C=O) groups is 2. The van der Waals surface area contributed by atoms with Crippen LogP contribution in [-0.4, -0.2) is 52.0 Å². The summed E-state index contributed by atoms with van der Waals surface area (Å²) in [5.74, 6) is 0.0948. The Kier molecular flexibility index (Phi) is 5.47. The Balaban J connectivity index is 2.30. The number of hydrogen-bond donors (Lipinski definition) is 0. The molecule has 2 amide bonds. The molecule has 1 saturated heterocycles. The predicted octanol–water partition coefficient (Wildman–Crippen LogP) is 2.92. The van der Waals surface area contributed by atoms with Crippen molar-refractivity contribution in [1.29, 1.82) is 0 Å². The molecule has 1 aliphatic heterocycles. The lowest BCUT2D eigenvalue weighted by Gasteiger charge is -2.41. The second-order valence-corrected chi connectivity index (χ2v) is 7.09. The summed E-state index contributed by atoms with van der Waals surface area (Å²) in [5.41, 5.74) is 1.26. The Morgan fingerprint density at radius 1 is 1.33 bits per heavy atom. The van der Waals surface area contributed by atoms with Gasteiger partial charge in [0, 0.05) is 32.3 Å². The first-order valence-electron chi connectivity index (χ1n) is 8.42. The molecule has 1 aromatic rings. The lowest BCUT2D eigenvalue weighted by molar-refractivity contribution is -0.134. The van der Waals surface area contributed by atoms with Gasteiger partial charge in [0.15, 0.2) is 0 Å². The summed E-state index contributed by atoms with van der Waals surface area (Å²) in [7, 11) is 0. The number of nitrogens with zero attached hydrogens (tertiary/aromatic N) is 3. The molecule has 1 aliphatic rings. The summed E-state index contributed by atoms with van der Waals surface area (Å²) in [6.07, 6.45) is 1.82. The summed E-state index contributed by atoms with van der Waals surface area (Å²) in [6.45, 7) is 10.8. The van der Waals surface area contributed by atoms with E-state index in [4.69, 9.17) is 4.74 Å². The Hall–Kier alpha value is -2.11. The maximum Gasteiger partial charge on any atom is 0.410 e. The van der Waals surface area contributed by atoms with E-state index in [1.54, 1.807) is 16.0 Å². The monoisotopic (exact) mass is 333 g/mol. The van der Waals surface area contributed by atoms with E-state index in [2.05, 4.69) is 4.98 Å². The van der Waals surface area contributed by atoms with Crippen LogP contribution in [0.2, 0.25) is 0 Å². The lowest BCUT2D eigenvalue weighted by Crippen LogP contribution is -2.53. The highest BCUT2D eigenvalue weighted by Gasteiger charge is 2.36. The van der Waals surface area contributed by atoms with Crippen molar-refractivity contribution in [2.75, 3.05) is 19.6 Å². The highest BCUT2D eigenvalue weighted by molar-refractivity contribution is 5.76. The van der Waals surface area contributed by atoms with E-state index in [0.717, 1.165) is 11.3 Å². The molecule has 2 heterocycles. The van der Waals surface area contributed by atoms with Gasteiger partial charge >= 0.3 is 6.09 Å². The molecule has 0 bridgehead atoms. The fraction of sp³-hybridized carbons (Fsp3) is 0.611. The van der Waals surface area contributed by atoms with E-state index in [9.17, 15) is 9.59 Å². The average molecular weight is 333 g/mol. The number of amides is 2. The van der Waals surface area contributed by atoms with Crippen LogP contribution >= 0.6 is 0 Å². The molecular formula is C18H27N3O3. The summed E-state index contributed by atoms with van der Waals surface area (Å²) < 4.78 is 5.55. The van der Waals surface area contributed by atoms with Crippen molar-refractivity contribution in [2.24, 2.45) is 0 Å². The fourth-order valence-corrected chi connectivity index (χ4v) is 2.85. The number of aromatic nitrogens is 1. The van der Waals surface area contributed by atoms with E-state index in [1.807, 2.05) is 46.8 Å². The van der Waals surface area contributed by atoms with Crippen molar-refractivity contribution < 1.29 is 14.3 Å². The molecule has 0 aromatic carbocycles. The molecule has 0 radical (unpaired) electrons. The third-order valence-electron chi connectivity index (χ3n) is 4.03. The van der Waals surface area contributed by atoms with Gasteiger partial charge in [0.25, 0.3) is 0 Å². The molecule has 0 spiro atoms. The molecule has 24 heavy (non-hydrogen) atoms. The van der Waals surface area contributed by atoms with E-state index < -0.39 is 5.60 Å². The van der Waals surface area contributed by atoms with Crippen molar-refractivity contribution in [3.05, 3.63) is 29.6 Å². The number of hydrogen-bond acceptors (Lipinski definition) is 4. The van der Waals surface area contributed by atoms with Gasteiger partial charge in [-0.25, -0.2) is 4.79 Å². The predicted molar refractivity (Wildman–Crippen MR) is 91.5 cm³/mol. The molecule has 132 valence electrons. The highest BCUT2D eigenvalue weighted by Crippen LogP contribution is 2.28. The molecule has 1 aromatic heterocycles. The van der Waals surface area contributed by atoms with E-state index in [0.29, 0.717) is 26.1 Å². The third kappa shape index (κ3) is 4.24. The molecule has 1 fully saturated rings. The number of rotatable bonds is 2. The maximum absolute atomic E-state index is 12.6. The normalized spacial score (nSPS) is 18.5. The second kappa shape index (κ2) is 7.20. The highest BCUT2D eigenvalue weighted by atomic mass is 16.6. The Morgan fingerprint density at radius 2 is 2.04 bits per heavy atom. The zero-order valence-electron chi connectivity index (χ0n) is 15.2. The van der Waals surface area contributed by atoms with Crippen LogP contribution in [0.25, 0.3) is 0 Å². The van der Waals surface area contributed by atoms with Crippen molar-refractivity contribution in [2.45, 2.75) is 52.7 Å². The summed E-state index contributed by atoms with van der Waals surface area (Å²) in [6, 6.07) is 3.55. The largest absolute Gasteiger partial charge is 0.444 e. The van der Waals surface area contributed by atoms with Crippen molar-refractivity contribution in [1.82, 2.24) is 14.8 Å². The maximum atomic E-state index is 12.6. The van der Waals surface area contributed by atoms with Gasteiger partial charge in [-0.1, -0.05) is 13.0 Å². The van der Waals surface area contributed by atoms with Gasteiger partial charge in [-0.15, -0.1) is 0 Å². The van der Waals surface area contributed by atoms with Crippen molar-refractivity contribution in [3.63, 3.8) is 0 Å². The van der Waals surface area contributed by atoms with Crippen LogP contribution in [-0.2, 0) is 9.53 Å². The van der Waals surface area contributed by atoms with Crippen LogP contribution in [0.3, 0.4) is 0 Å². The second-order valence-electron chi connectivity index (χ2n) is 7.09. The van der Waals surface area contributed by atoms with Gasteiger partial charge < -0.3 is 9.64 Å². The van der Waals surface area contributed by atoms with Crippen LogP contribution in [0.15, 0.2) is 18.3 Å².